The van der Waals surface area contributed by atoms with E-state index in [1.54, 1.807) is 12.1 Å². The SMILES string of the molecule is C[C@H](NC(=O)c1cc(-c2sc(C(=O)NCC(C)(C)c3nnn[nH]3)nc2CC2CCCCC2)cc(C2(C)CC2)c1)C(F)(F)F. The fraction of sp³-hybridized carbons (Fsp3) is 0.600. The highest BCUT2D eigenvalue weighted by Gasteiger charge is 2.41. The molecule has 5 rings (SSSR count). The van der Waals surface area contributed by atoms with Gasteiger partial charge < -0.3 is 10.6 Å². The summed E-state index contributed by atoms with van der Waals surface area (Å²) < 4.78 is 39.7. The molecule has 0 aliphatic heterocycles. The van der Waals surface area contributed by atoms with Crippen molar-refractivity contribution >= 4 is 23.2 Å². The number of hydrogen-bond donors (Lipinski definition) is 3. The maximum Gasteiger partial charge on any atom is 0.408 e. The van der Waals surface area contributed by atoms with Crippen LogP contribution in [-0.2, 0) is 17.3 Å². The molecular formula is C30H38F3N7O2S. The zero-order chi connectivity index (χ0) is 31.0. The molecule has 13 heteroatoms. The predicted molar refractivity (Wildman–Crippen MR) is 157 cm³/mol. The highest BCUT2D eigenvalue weighted by atomic mass is 32.1. The van der Waals surface area contributed by atoms with Crippen LogP contribution in [0, 0.1) is 5.92 Å². The Morgan fingerprint density at radius 1 is 1.12 bits per heavy atom. The standard InChI is InChI=1S/C30H38F3N7O2S/c1-17(30(31,32)33)35-24(41)20-13-19(14-21(15-20)29(4)10-11-29)23-22(12-18-8-6-5-7-9-18)36-26(43-23)25(42)34-16-28(2,3)27-37-39-40-38-27/h13-15,17-18H,5-12,16H2,1-4H3,(H,34,42)(H,35,41)(H,37,38,39,40)/t17-/m0/s1. The van der Waals surface area contributed by atoms with Crippen LogP contribution in [0.5, 0.6) is 0 Å². The molecule has 0 bridgehead atoms. The number of H-pyrrole nitrogens is 1. The largest absolute Gasteiger partial charge is 0.408 e. The van der Waals surface area contributed by atoms with E-state index in [0.717, 1.165) is 61.6 Å². The smallest absolute Gasteiger partial charge is 0.349 e. The molecule has 0 spiro atoms. The lowest BCUT2D eigenvalue weighted by atomic mass is 9.85. The number of amides is 2. The molecule has 232 valence electrons. The molecule has 2 saturated carbocycles. The molecule has 2 aromatic heterocycles. The van der Waals surface area contributed by atoms with E-state index in [1.165, 1.54) is 17.8 Å². The van der Waals surface area contributed by atoms with Crippen molar-refractivity contribution < 1.29 is 22.8 Å². The number of aromatic amines is 1. The Kier molecular flexibility index (Phi) is 8.65. The lowest BCUT2D eigenvalue weighted by Gasteiger charge is -2.21. The van der Waals surface area contributed by atoms with Crippen LogP contribution in [0.25, 0.3) is 10.4 Å². The molecule has 9 nitrogen and oxygen atoms in total. The minimum Gasteiger partial charge on any atom is -0.349 e. The van der Waals surface area contributed by atoms with E-state index < -0.39 is 23.5 Å². The summed E-state index contributed by atoms with van der Waals surface area (Å²) in [4.78, 5) is 32.0. The first-order valence-corrected chi connectivity index (χ1v) is 15.6. The van der Waals surface area contributed by atoms with Crippen molar-refractivity contribution in [1.82, 2.24) is 36.2 Å². The first kappa shape index (κ1) is 31.1. The average Bonchev–Trinajstić information content (AvgIpc) is 3.33. The minimum atomic E-state index is -4.55. The van der Waals surface area contributed by atoms with Crippen LogP contribution in [-0.4, -0.2) is 56.2 Å². The summed E-state index contributed by atoms with van der Waals surface area (Å²) in [5.41, 5.74) is 1.87. The second-order valence-corrected chi connectivity index (χ2v) is 13.9. The van der Waals surface area contributed by atoms with Gasteiger partial charge in [-0.3, -0.25) is 9.59 Å². The second kappa shape index (κ2) is 12.0. The molecule has 0 unspecified atom stereocenters. The lowest BCUT2D eigenvalue weighted by Crippen LogP contribution is -2.43. The number of aromatic nitrogens is 5. The summed E-state index contributed by atoms with van der Waals surface area (Å²) in [6.07, 6.45) is 3.68. The Morgan fingerprint density at radius 3 is 2.47 bits per heavy atom. The van der Waals surface area contributed by atoms with E-state index in [0.29, 0.717) is 28.7 Å². The van der Waals surface area contributed by atoms with Gasteiger partial charge in [0.15, 0.2) is 10.8 Å². The Balaban J connectivity index is 1.48. The number of halogens is 3. The van der Waals surface area contributed by atoms with E-state index in [-0.39, 0.29) is 23.4 Å². The molecule has 2 aliphatic carbocycles. The third-order valence-corrected chi connectivity index (χ3v) is 9.91. The number of rotatable bonds is 10. The molecule has 2 amide bonds. The number of nitrogens with zero attached hydrogens (tertiary/aromatic N) is 4. The van der Waals surface area contributed by atoms with Gasteiger partial charge >= 0.3 is 6.18 Å². The fourth-order valence-electron chi connectivity index (χ4n) is 5.46. The van der Waals surface area contributed by atoms with Crippen molar-refractivity contribution in [1.29, 1.82) is 0 Å². The first-order valence-electron chi connectivity index (χ1n) is 14.8. The summed E-state index contributed by atoms with van der Waals surface area (Å²) in [7, 11) is 0. The number of benzene rings is 1. The molecule has 2 aliphatic rings. The number of carbonyl (C=O) groups is 2. The lowest BCUT2D eigenvalue weighted by molar-refractivity contribution is -0.149. The molecule has 1 atom stereocenters. The molecule has 2 fully saturated rings. The van der Waals surface area contributed by atoms with Gasteiger partial charge in [0.05, 0.1) is 10.6 Å². The van der Waals surface area contributed by atoms with E-state index >= 15 is 0 Å². The topological polar surface area (TPSA) is 126 Å². The van der Waals surface area contributed by atoms with Crippen LogP contribution in [0.1, 0.15) is 110 Å². The van der Waals surface area contributed by atoms with Crippen molar-refractivity contribution in [2.24, 2.45) is 5.92 Å². The zero-order valence-corrected chi connectivity index (χ0v) is 25.7. The number of thiazole rings is 1. The molecule has 2 heterocycles. The summed E-state index contributed by atoms with van der Waals surface area (Å²) in [6, 6.07) is 3.36. The highest BCUT2D eigenvalue weighted by Crippen LogP contribution is 2.49. The number of hydrogen-bond acceptors (Lipinski definition) is 7. The van der Waals surface area contributed by atoms with Gasteiger partial charge in [0.1, 0.15) is 6.04 Å². The van der Waals surface area contributed by atoms with Gasteiger partial charge in [0.2, 0.25) is 0 Å². The highest BCUT2D eigenvalue weighted by molar-refractivity contribution is 7.17. The van der Waals surface area contributed by atoms with Crippen molar-refractivity contribution in [3.63, 3.8) is 0 Å². The first-order chi connectivity index (χ1) is 20.2. The fourth-order valence-corrected chi connectivity index (χ4v) is 6.46. The minimum absolute atomic E-state index is 0.143. The van der Waals surface area contributed by atoms with Gasteiger partial charge in [-0.25, -0.2) is 10.1 Å². The summed E-state index contributed by atoms with van der Waals surface area (Å²) in [5.74, 6) is -0.133. The van der Waals surface area contributed by atoms with E-state index in [1.807, 2.05) is 19.9 Å². The summed E-state index contributed by atoms with van der Waals surface area (Å²) >= 11 is 1.25. The molecule has 1 aromatic carbocycles. The van der Waals surface area contributed by atoms with E-state index in [9.17, 15) is 22.8 Å². The molecule has 0 saturated heterocycles. The van der Waals surface area contributed by atoms with Crippen molar-refractivity contribution in [3.05, 3.63) is 45.9 Å². The van der Waals surface area contributed by atoms with Crippen LogP contribution < -0.4 is 10.6 Å². The summed E-state index contributed by atoms with van der Waals surface area (Å²) in [5, 5.41) is 19.3. The van der Waals surface area contributed by atoms with Crippen LogP contribution in [0.2, 0.25) is 0 Å². The Labute approximate surface area is 252 Å². The number of nitrogens with one attached hydrogen (secondary N) is 3. The zero-order valence-electron chi connectivity index (χ0n) is 24.9. The third-order valence-electron chi connectivity index (χ3n) is 8.77. The molecule has 3 N–H and O–H groups in total. The van der Waals surface area contributed by atoms with Crippen LogP contribution >= 0.6 is 11.3 Å². The normalized spacial score (nSPS) is 17.8. The number of alkyl halides is 3. The Bertz CT molecular complexity index is 1460. The van der Waals surface area contributed by atoms with Crippen molar-refractivity contribution in [3.8, 4) is 10.4 Å². The van der Waals surface area contributed by atoms with Crippen molar-refractivity contribution in [2.75, 3.05) is 6.54 Å². The Hall–Kier alpha value is -3.35. The maximum atomic E-state index is 13.4. The van der Waals surface area contributed by atoms with Crippen LogP contribution in [0.3, 0.4) is 0 Å². The van der Waals surface area contributed by atoms with Crippen LogP contribution in [0.15, 0.2) is 18.2 Å². The molecule has 0 radical (unpaired) electrons. The average molecular weight is 618 g/mol. The monoisotopic (exact) mass is 617 g/mol. The van der Waals surface area contributed by atoms with Gasteiger partial charge in [-0.05, 0) is 77.3 Å². The van der Waals surface area contributed by atoms with Crippen molar-refractivity contribution in [2.45, 2.75) is 102 Å². The Morgan fingerprint density at radius 2 is 1.84 bits per heavy atom. The third kappa shape index (κ3) is 7.25. The second-order valence-electron chi connectivity index (χ2n) is 12.9. The predicted octanol–water partition coefficient (Wildman–Crippen LogP) is 5.89. The molecular weight excluding hydrogens is 579 g/mol. The molecule has 43 heavy (non-hydrogen) atoms. The van der Waals surface area contributed by atoms with Gasteiger partial charge in [-0.1, -0.05) is 52.9 Å². The van der Waals surface area contributed by atoms with Gasteiger partial charge in [-0.2, -0.15) is 13.2 Å². The van der Waals surface area contributed by atoms with E-state index in [2.05, 4.69) is 38.2 Å². The van der Waals surface area contributed by atoms with Gasteiger partial charge in [0, 0.05) is 17.5 Å². The molecule has 3 aromatic rings. The summed E-state index contributed by atoms with van der Waals surface area (Å²) in [6.45, 7) is 7.11. The number of carbonyl (C=O) groups excluding carboxylic acids is 2. The van der Waals surface area contributed by atoms with E-state index in [4.69, 9.17) is 4.98 Å². The number of tetrazole rings is 1. The van der Waals surface area contributed by atoms with Crippen LogP contribution in [0.4, 0.5) is 13.2 Å². The quantitative estimate of drug-likeness (QED) is 0.261. The van der Waals surface area contributed by atoms with Gasteiger partial charge in [0.25, 0.3) is 11.8 Å². The van der Waals surface area contributed by atoms with Gasteiger partial charge in [-0.15, -0.1) is 16.4 Å². The maximum absolute atomic E-state index is 13.4.